The molecule has 0 saturated carbocycles. The van der Waals surface area contributed by atoms with Gasteiger partial charge < -0.3 is 14.4 Å². The molecule has 0 spiro atoms. The van der Waals surface area contributed by atoms with Gasteiger partial charge in [0.1, 0.15) is 41.9 Å². The highest BCUT2D eigenvalue weighted by Crippen LogP contribution is 2.46. The summed E-state index contributed by atoms with van der Waals surface area (Å²) in [6.45, 7) is 19.1. The molecule has 4 aromatic rings. The number of carbonyl (C=O) groups excluding carboxylic acids is 1. The molecule has 10 nitrogen and oxygen atoms in total. The Labute approximate surface area is 329 Å². The predicted molar refractivity (Wildman–Crippen MR) is 217 cm³/mol. The van der Waals surface area contributed by atoms with Crippen LogP contribution in [0.4, 0.5) is 19.4 Å². The van der Waals surface area contributed by atoms with Gasteiger partial charge in [0, 0.05) is 30.2 Å². The maximum absolute atomic E-state index is 17.4. The van der Waals surface area contributed by atoms with Crippen LogP contribution >= 0.6 is 0 Å². The number of halogens is 2. The van der Waals surface area contributed by atoms with Crippen molar-refractivity contribution < 1.29 is 31.5 Å². The van der Waals surface area contributed by atoms with Crippen molar-refractivity contribution in [3.63, 3.8) is 0 Å². The lowest BCUT2D eigenvalue weighted by molar-refractivity contribution is 0.00637. The Morgan fingerprint density at radius 1 is 0.946 bits per heavy atom. The Hall–Kier alpha value is -4.35. The molecule has 2 saturated heterocycles. The lowest BCUT2D eigenvalue weighted by Crippen LogP contribution is -2.62. The summed E-state index contributed by atoms with van der Waals surface area (Å²) in [5.74, 6) is 2.08. The van der Waals surface area contributed by atoms with Gasteiger partial charge in [0.2, 0.25) is 20.9 Å². The van der Waals surface area contributed by atoms with Crippen LogP contribution in [-0.2, 0) is 14.6 Å². The second-order valence-electron chi connectivity index (χ2n) is 17.4. The molecule has 3 atom stereocenters. The number of aromatic nitrogens is 3. The minimum atomic E-state index is -4.04. The lowest BCUT2D eigenvalue weighted by Gasteiger charge is -2.48. The minimum absolute atomic E-state index is 0.0405. The Morgan fingerprint density at radius 3 is 2.29 bits per heavy atom. The van der Waals surface area contributed by atoms with Crippen molar-refractivity contribution in [2.24, 2.45) is 0 Å². The molecular formula is C42H51F2N5O5SSi. The fourth-order valence-electron chi connectivity index (χ4n) is 9.54. The molecular weight excluding hydrogens is 753 g/mol. The van der Waals surface area contributed by atoms with E-state index in [0.717, 1.165) is 6.26 Å². The highest BCUT2D eigenvalue weighted by molar-refractivity contribution is 7.90. The van der Waals surface area contributed by atoms with E-state index in [0.29, 0.717) is 53.2 Å². The number of ether oxygens (including phenoxy) is 2. The zero-order chi connectivity index (χ0) is 40.6. The summed E-state index contributed by atoms with van der Waals surface area (Å²) in [4.78, 5) is 30.9. The molecule has 3 aliphatic rings. The Kier molecular flexibility index (Phi) is 10.1. The molecule has 56 heavy (non-hydrogen) atoms. The van der Waals surface area contributed by atoms with Crippen LogP contribution in [0.3, 0.4) is 0 Å². The zero-order valence-electron chi connectivity index (χ0n) is 33.8. The fourth-order valence-corrected chi connectivity index (χ4v) is 15.3. The van der Waals surface area contributed by atoms with Crippen LogP contribution in [0.2, 0.25) is 16.6 Å². The van der Waals surface area contributed by atoms with Gasteiger partial charge in [-0.15, -0.1) is 5.54 Å². The van der Waals surface area contributed by atoms with Crippen molar-refractivity contribution in [1.29, 1.82) is 0 Å². The minimum Gasteiger partial charge on any atom is -0.477 e. The van der Waals surface area contributed by atoms with Gasteiger partial charge in [-0.3, -0.25) is 4.90 Å². The normalized spacial score (nSPS) is 19.9. The average Bonchev–Trinajstić information content (AvgIpc) is 3.43. The number of amides is 1. The van der Waals surface area contributed by atoms with E-state index in [1.54, 1.807) is 23.1 Å². The summed E-state index contributed by atoms with van der Waals surface area (Å²) in [7, 11) is -6.34. The molecule has 1 amide bonds. The lowest BCUT2D eigenvalue weighted by atomic mass is 9.96. The van der Waals surface area contributed by atoms with E-state index in [1.807, 2.05) is 31.7 Å². The van der Waals surface area contributed by atoms with Crippen LogP contribution < -0.4 is 9.64 Å². The van der Waals surface area contributed by atoms with Crippen molar-refractivity contribution in [2.75, 3.05) is 24.3 Å². The molecule has 298 valence electrons. The molecule has 14 heteroatoms. The Morgan fingerprint density at radius 2 is 1.64 bits per heavy atom. The van der Waals surface area contributed by atoms with Gasteiger partial charge in [0.05, 0.1) is 30.3 Å². The summed E-state index contributed by atoms with van der Waals surface area (Å²) in [6, 6.07) is 7.41. The van der Waals surface area contributed by atoms with Gasteiger partial charge in [0.15, 0.2) is 5.82 Å². The number of piperazine rings is 1. The highest BCUT2D eigenvalue weighted by atomic mass is 32.2. The zero-order valence-corrected chi connectivity index (χ0v) is 35.6. The number of benzene rings is 2. The largest absolute Gasteiger partial charge is 0.477 e. The molecule has 2 bridgehead atoms. The van der Waals surface area contributed by atoms with E-state index in [4.69, 9.17) is 14.5 Å². The fraction of sp³-hybridized carbons (Fsp3) is 0.524. The Balaban J connectivity index is 1.45. The van der Waals surface area contributed by atoms with E-state index in [9.17, 15) is 13.2 Å². The van der Waals surface area contributed by atoms with E-state index < -0.39 is 46.4 Å². The molecule has 2 fully saturated rings. The van der Waals surface area contributed by atoms with E-state index in [-0.39, 0.29) is 64.2 Å². The Bertz CT molecular complexity index is 2400. The number of fused-ring (bicyclic) bond motifs is 6. The van der Waals surface area contributed by atoms with Crippen LogP contribution in [0.1, 0.15) is 87.1 Å². The second kappa shape index (κ2) is 14.2. The molecule has 0 N–H and O–H groups in total. The highest BCUT2D eigenvalue weighted by Gasteiger charge is 2.51. The molecule has 0 radical (unpaired) electrons. The standard InChI is InChI=1S/C42H51F2N5O5SSi/c1-23(2)56(24(3)4,25(5)6)21-19-28-30(43)16-14-26-12-11-13-29(33(26)28)36-35(44)37-34-38(47-40(46-37)55(10,51)52)48-22-27-15-17-32(31(48)18-20-53-39(34)45-36)49(27)41(50)54-42(7,8)9/h11-14,16,23-25,27,31-32H,15,17-18,20,22H2,1-10H3/t27-,31-,32+/m1/s1. The van der Waals surface area contributed by atoms with Crippen LogP contribution in [0.5, 0.6) is 5.88 Å². The number of hydrogen-bond acceptors (Lipinski definition) is 9. The third-order valence-electron chi connectivity index (χ3n) is 11.9. The van der Waals surface area contributed by atoms with Crippen molar-refractivity contribution in [2.45, 2.75) is 127 Å². The summed E-state index contributed by atoms with van der Waals surface area (Å²) >= 11 is 0. The van der Waals surface area contributed by atoms with Gasteiger partial charge >= 0.3 is 6.09 Å². The van der Waals surface area contributed by atoms with Gasteiger partial charge in [-0.2, -0.15) is 0 Å². The van der Waals surface area contributed by atoms with Crippen molar-refractivity contribution in [3.8, 4) is 28.6 Å². The number of rotatable bonds is 5. The van der Waals surface area contributed by atoms with Gasteiger partial charge in [0.25, 0.3) is 0 Å². The van der Waals surface area contributed by atoms with Crippen LogP contribution in [0.25, 0.3) is 32.9 Å². The van der Waals surface area contributed by atoms with Crippen LogP contribution in [0, 0.1) is 23.1 Å². The molecule has 3 aliphatic heterocycles. The van der Waals surface area contributed by atoms with Crippen molar-refractivity contribution >= 4 is 51.5 Å². The van der Waals surface area contributed by atoms with Gasteiger partial charge in [-0.25, -0.2) is 36.9 Å². The maximum atomic E-state index is 17.4. The molecule has 0 unspecified atom stereocenters. The second-order valence-corrected chi connectivity index (χ2v) is 24.9. The summed E-state index contributed by atoms with van der Waals surface area (Å²) < 4.78 is 72.0. The number of pyridine rings is 1. The van der Waals surface area contributed by atoms with E-state index in [2.05, 4.69) is 63.0 Å². The number of sulfone groups is 1. The van der Waals surface area contributed by atoms with Crippen LogP contribution in [-0.4, -0.2) is 85.6 Å². The number of nitrogens with zero attached hydrogens (tertiary/aromatic N) is 5. The third-order valence-corrected chi connectivity index (χ3v) is 19.0. The molecule has 2 aromatic heterocycles. The first-order chi connectivity index (χ1) is 26.2. The molecule has 5 heterocycles. The first-order valence-electron chi connectivity index (χ1n) is 19.5. The maximum Gasteiger partial charge on any atom is 0.410 e. The van der Waals surface area contributed by atoms with Crippen LogP contribution in [0.15, 0.2) is 35.5 Å². The van der Waals surface area contributed by atoms with Crippen molar-refractivity contribution in [3.05, 3.63) is 47.5 Å². The molecule has 7 rings (SSSR count). The first-order valence-corrected chi connectivity index (χ1v) is 23.6. The van der Waals surface area contributed by atoms with Gasteiger partial charge in [-0.05, 0) is 61.7 Å². The van der Waals surface area contributed by atoms with Crippen molar-refractivity contribution in [1.82, 2.24) is 19.9 Å². The number of anilines is 1. The smallest absolute Gasteiger partial charge is 0.410 e. The number of hydrogen-bond donors (Lipinski definition) is 0. The van der Waals surface area contributed by atoms with E-state index in [1.165, 1.54) is 6.07 Å². The monoisotopic (exact) mass is 803 g/mol. The quantitative estimate of drug-likeness (QED) is 0.111. The summed E-state index contributed by atoms with van der Waals surface area (Å²) in [5.41, 5.74) is 3.85. The molecule has 0 aliphatic carbocycles. The summed E-state index contributed by atoms with van der Waals surface area (Å²) in [5, 5.41) is 0.637. The molecule has 2 aromatic carbocycles. The summed E-state index contributed by atoms with van der Waals surface area (Å²) in [6.07, 6.45) is 2.43. The topological polar surface area (TPSA) is 115 Å². The third kappa shape index (κ3) is 6.68. The van der Waals surface area contributed by atoms with Gasteiger partial charge in [-0.1, -0.05) is 71.7 Å². The SMILES string of the molecule is CC(C)[Si](C#Cc1c(F)ccc2cccc(-c3nc4c5c(nc(S(C)(=O)=O)nc5c3F)N3C[C@H]5CC[C@@H]([C@H]3CCO4)N5C(=O)OC(C)(C)C)c12)(C(C)C)C(C)C. The first kappa shape index (κ1) is 39.9. The average molecular weight is 804 g/mol. The predicted octanol–water partition coefficient (Wildman–Crippen LogP) is 8.84. The van der Waals surface area contributed by atoms with E-state index >= 15 is 8.78 Å². The number of carbonyl (C=O) groups is 1.